The second-order valence-electron chi connectivity index (χ2n) is 3.84. The number of benzene rings is 1. The van der Waals surface area contributed by atoms with Gasteiger partial charge in [-0.15, -0.1) is 11.8 Å². The van der Waals surface area contributed by atoms with E-state index in [1.807, 2.05) is 11.8 Å². The Labute approximate surface area is 88.7 Å². The van der Waals surface area contributed by atoms with E-state index < -0.39 is 0 Å². The maximum atomic E-state index is 2.33. The van der Waals surface area contributed by atoms with Crippen LogP contribution in [0.25, 0.3) is 6.08 Å². The third kappa shape index (κ3) is 1.32. The Bertz CT molecular complexity index is 403. The third-order valence-electron chi connectivity index (χ3n) is 2.92. The van der Waals surface area contributed by atoms with Crippen molar-refractivity contribution < 1.29 is 0 Å². The second kappa shape index (κ2) is 3.32. The Morgan fingerprint density at radius 1 is 1.14 bits per heavy atom. The Morgan fingerprint density at radius 3 is 3.07 bits per heavy atom. The highest BCUT2D eigenvalue weighted by atomic mass is 32.2. The zero-order chi connectivity index (χ0) is 9.38. The molecule has 0 saturated carbocycles. The van der Waals surface area contributed by atoms with Gasteiger partial charge < -0.3 is 0 Å². The Hall–Kier alpha value is -0.950. The zero-order valence-electron chi connectivity index (χ0n) is 7.89. The molecule has 2 bridgehead atoms. The first kappa shape index (κ1) is 8.37. The van der Waals surface area contributed by atoms with E-state index in [-0.39, 0.29) is 0 Å². The molecule has 2 atom stereocenters. The molecule has 0 N–H and O–H groups in total. The lowest BCUT2D eigenvalue weighted by Crippen LogP contribution is -2.02. The molecule has 0 unspecified atom stereocenters. The predicted octanol–water partition coefficient (Wildman–Crippen LogP) is 4.02. The molecule has 3 rings (SSSR count). The molecule has 1 aliphatic carbocycles. The van der Waals surface area contributed by atoms with Crippen molar-refractivity contribution in [3.05, 3.63) is 53.0 Å². The van der Waals surface area contributed by atoms with Crippen LogP contribution >= 0.6 is 11.8 Å². The van der Waals surface area contributed by atoms with Gasteiger partial charge in [0.15, 0.2) is 0 Å². The molecule has 0 amide bonds. The van der Waals surface area contributed by atoms with Gasteiger partial charge in [-0.2, -0.15) is 0 Å². The first-order valence-corrected chi connectivity index (χ1v) is 5.97. The maximum absolute atomic E-state index is 2.33. The summed E-state index contributed by atoms with van der Waals surface area (Å²) in [6, 6.07) is 8.74. The highest BCUT2D eigenvalue weighted by Gasteiger charge is 2.22. The van der Waals surface area contributed by atoms with Crippen LogP contribution in [-0.4, -0.2) is 0 Å². The van der Waals surface area contributed by atoms with Crippen molar-refractivity contribution in [3.63, 3.8) is 0 Å². The fraction of sp³-hybridized carbons (Fsp3) is 0.231. The minimum atomic E-state index is 0.647. The van der Waals surface area contributed by atoms with Crippen LogP contribution < -0.4 is 0 Å². The monoisotopic (exact) mass is 200 g/mol. The normalized spacial score (nSPS) is 28.3. The molecule has 14 heavy (non-hydrogen) atoms. The van der Waals surface area contributed by atoms with E-state index >= 15 is 0 Å². The van der Waals surface area contributed by atoms with Crippen molar-refractivity contribution in [2.75, 3.05) is 0 Å². The van der Waals surface area contributed by atoms with Crippen molar-refractivity contribution in [1.82, 2.24) is 0 Å². The molecule has 70 valence electrons. The van der Waals surface area contributed by atoms with Gasteiger partial charge in [0, 0.05) is 5.25 Å². The fourth-order valence-electron chi connectivity index (χ4n) is 2.15. The molecule has 2 aliphatic rings. The molecule has 0 aromatic heterocycles. The van der Waals surface area contributed by atoms with Crippen molar-refractivity contribution >= 4 is 17.8 Å². The van der Waals surface area contributed by atoms with E-state index in [4.69, 9.17) is 0 Å². The topological polar surface area (TPSA) is 0 Å². The van der Waals surface area contributed by atoms with Gasteiger partial charge in [-0.3, -0.25) is 0 Å². The van der Waals surface area contributed by atoms with Crippen molar-refractivity contribution in [2.45, 2.75) is 11.7 Å². The average Bonchev–Trinajstić information content (AvgIpc) is 2.38. The summed E-state index contributed by atoms with van der Waals surface area (Å²) >= 11 is 1.95. The smallest absolute Gasteiger partial charge is 0.0353 e. The number of hydrogen-bond acceptors (Lipinski definition) is 1. The number of fused-ring (bicyclic) bond motifs is 4. The summed E-state index contributed by atoms with van der Waals surface area (Å²) in [5.41, 5.74) is 2.90. The van der Waals surface area contributed by atoms with E-state index in [0.29, 0.717) is 11.2 Å². The summed E-state index contributed by atoms with van der Waals surface area (Å²) in [6.45, 7) is 0. The molecular formula is C13H12S. The van der Waals surface area contributed by atoms with Crippen LogP contribution in [0, 0.1) is 5.92 Å². The number of thioether (sulfide) groups is 1. The van der Waals surface area contributed by atoms with Gasteiger partial charge in [0.2, 0.25) is 0 Å². The average molecular weight is 200 g/mol. The Morgan fingerprint density at radius 2 is 2.07 bits per heavy atom. The molecule has 0 fully saturated rings. The van der Waals surface area contributed by atoms with Crippen molar-refractivity contribution in [2.24, 2.45) is 5.92 Å². The lowest BCUT2D eigenvalue weighted by molar-refractivity contribution is 0.698. The quantitative estimate of drug-likeness (QED) is 0.609. The first-order valence-electron chi connectivity index (χ1n) is 5.03. The summed E-state index contributed by atoms with van der Waals surface area (Å²) < 4.78 is 0. The Kier molecular flexibility index (Phi) is 1.98. The van der Waals surface area contributed by atoms with E-state index in [1.54, 1.807) is 0 Å². The third-order valence-corrected chi connectivity index (χ3v) is 4.01. The zero-order valence-corrected chi connectivity index (χ0v) is 8.71. The van der Waals surface area contributed by atoms with Crippen LogP contribution in [0.4, 0.5) is 0 Å². The summed E-state index contributed by atoms with van der Waals surface area (Å²) in [5, 5.41) is 2.92. The molecular weight excluding hydrogens is 188 g/mol. The molecule has 0 spiro atoms. The number of allylic oxidation sites excluding steroid dienone is 2. The summed E-state index contributed by atoms with van der Waals surface area (Å²) in [4.78, 5) is 0. The van der Waals surface area contributed by atoms with Crippen LogP contribution in [0.3, 0.4) is 0 Å². The van der Waals surface area contributed by atoms with Gasteiger partial charge in [0.1, 0.15) is 0 Å². The molecule has 0 radical (unpaired) electrons. The van der Waals surface area contributed by atoms with E-state index in [0.717, 1.165) is 0 Å². The second-order valence-corrected chi connectivity index (χ2v) is 4.95. The lowest BCUT2D eigenvalue weighted by Gasteiger charge is -2.21. The molecule has 1 aromatic rings. The van der Waals surface area contributed by atoms with Gasteiger partial charge >= 0.3 is 0 Å². The van der Waals surface area contributed by atoms with Gasteiger partial charge in [-0.25, -0.2) is 0 Å². The Balaban J connectivity index is 2.14. The first-order chi connectivity index (χ1) is 6.93. The molecule has 1 aromatic carbocycles. The molecule has 0 nitrogen and oxygen atoms in total. The molecule has 0 saturated heterocycles. The molecule has 1 aliphatic heterocycles. The summed E-state index contributed by atoms with van der Waals surface area (Å²) in [7, 11) is 0. The van der Waals surface area contributed by atoms with E-state index in [1.165, 1.54) is 17.5 Å². The van der Waals surface area contributed by atoms with Crippen LogP contribution in [0.15, 0.2) is 41.8 Å². The van der Waals surface area contributed by atoms with E-state index in [2.05, 4.69) is 47.9 Å². The van der Waals surface area contributed by atoms with Gasteiger partial charge in [0.05, 0.1) is 0 Å². The van der Waals surface area contributed by atoms with E-state index in [9.17, 15) is 0 Å². The summed E-state index contributed by atoms with van der Waals surface area (Å²) in [5.74, 6) is 0.647. The summed E-state index contributed by atoms with van der Waals surface area (Å²) in [6.07, 6.45) is 8.17. The predicted molar refractivity (Wildman–Crippen MR) is 63.1 cm³/mol. The largest absolute Gasteiger partial charge is 0.126 e. The molecule has 1 heterocycles. The lowest BCUT2D eigenvalue weighted by atomic mass is 10.0. The van der Waals surface area contributed by atoms with Crippen molar-refractivity contribution in [1.29, 1.82) is 0 Å². The minimum absolute atomic E-state index is 0.647. The van der Waals surface area contributed by atoms with Crippen molar-refractivity contribution in [3.8, 4) is 0 Å². The highest BCUT2D eigenvalue weighted by Crippen LogP contribution is 2.43. The van der Waals surface area contributed by atoms with Gasteiger partial charge in [-0.1, -0.05) is 42.5 Å². The van der Waals surface area contributed by atoms with Crippen LogP contribution in [0.2, 0.25) is 0 Å². The maximum Gasteiger partial charge on any atom is 0.0353 e. The van der Waals surface area contributed by atoms with Crippen LogP contribution in [0.5, 0.6) is 0 Å². The number of rotatable bonds is 0. The number of hydrogen-bond donors (Lipinski definition) is 0. The van der Waals surface area contributed by atoms with Crippen LogP contribution in [-0.2, 0) is 0 Å². The minimum Gasteiger partial charge on any atom is -0.126 e. The molecule has 1 heteroatoms. The fourth-order valence-corrected chi connectivity index (χ4v) is 3.33. The van der Waals surface area contributed by atoms with Crippen LogP contribution in [0.1, 0.15) is 22.8 Å². The SMILES string of the molecule is C1=C[C@H]2C=Cc3ccccc3[C@H](C2)S1. The van der Waals surface area contributed by atoms with Gasteiger partial charge in [0.25, 0.3) is 0 Å². The standard InChI is InChI=1S/C13H12S/c1-2-4-12-11(3-1)6-5-10-7-8-14-13(12)9-10/h1-8,10,13H,9H2/t10-,13+/m1/s1. The highest BCUT2D eigenvalue weighted by molar-refractivity contribution is 8.02. The van der Waals surface area contributed by atoms with Gasteiger partial charge in [-0.05, 0) is 28.9 Å².